The average Bonchev–Trinajstić information content (AvgIpc) is 3.13. The maximum Gasteiger partial charge on any atom is 0.259 e. The highest BCUT2D eigenvalue weighted by molar-refractivity contribution is 6.26. The zero-order valence-electron chi connectivity index (χ0n) is 20.7. The Balaban J connectivity index is 1.62. The van der Waals surface area contributed by atoms with Crippen molar-refractivity contribution in [2.45, 2.75) is 52.6 Å². The number of nitrogens with one attached hydrogen (secondary N) is 1. The van der Waals surface area contributed by atoms with E-state index in [1.54, 1.807) is 15.9 Å². The summed E-state index contributed by atoms with van der Waals surface area (Å²) in [4.78, 5) is 43.3. The number of carbonyl (C=O) groups excluding carboxylic acids is 3. The smallest absolute Gasteiger partial charge is 0.259 e. The molecule has 6 nitrogen and oxygen atoms in total. The first-order valence-corrected chi connectivity index (χ1v) is 12.4. The van der Waals surface area contributed by atoms with Crippen molar-refractivity contribution < 1.29 is 14.4 Å². The van der Waals surface area contributed by atoms with E-state index in [1.807, 2.05) is 68.4 Å². The second kappa shape index (κ2) is 10.7. The van der Waals surface area contributed by atoms with Crippen LogP contribution in [0.25, 0.3) is 10.8 Å². The fourth-order valence-corrected chi connectivity index (χ4v) is 4.68. The first kappa shape index (κ1) is 24.5. The molecular formula is C29H33N3O3. The van der Waals surface area contributed by atoms with Crippen LogP contribution in [0, 0.1) is 6.92 Å². The van der Waals surface area contributed by atoms with E-state index >= 15 is 0 Å². The standard InChI is InChI=1S/C29H33N3O3/c1-4-6-17-30-28(34)24(5-2)31(18-21-15-13-20(3)14-16-21)26(33)19-32-25-12-8-10-22-9-7-11-23(27(22)25)29(32)35/h7-16,24H,4-6,17-19H2,1-3H3,(H,30,34)/t24-/m0/s1. The maximum absolute atomic E-state index is 13.8. The zero-order chi connectivity index (χ0) is 24.9. The Morgan fingerprint density at radius 3 is 2.40 bits per heavy atom. The van der Waals surface area contributed by atoms with Gasteiger partial charge in [0.15, 0.2) is 0 Å². The second-order valence-electron chi connectivity index (χ2n) is 9.15. The normalized spacial score (nSPS) is 13.2. The number of amides is 3. The molecule has 1 atom stereocenters. The Kier molecular flexibility index (Phi) is 7.49. The fraction of sp³-hybridized carbons (Fsp3) is 0.345. The quantitative estimate of drug-likeness (QED) is 0.431. The summed E-state index contributed by atoms with van der Waals surface area (Å²) in [5.41, 5.74) is 3.43. The van der Waals surface area contributed by atoms with Crippen LogP contribution in [0.15, 0.2) is 60.7 Å². The number of carbonyl (C=O) groups is 3. The van der Waals surface area contributed by atoms with Gasteiger partial charge < -0.3 is 10.2 Å². The molecule has 0 bridgehead atoms. The first-order chi connectivity index (χ1) is 16.9. The highest BCUT2D eigenvalue weighted by Gasteiger charge is 2.35. The Bertz CT molecular complexity index is 1230. The lowest BCUT2D eigenvalue weighted by atomic mass is 10.1. The minimum Gasteiger partial charge on any atom is -0.354 e. The van der Waals surface area contributed by atoms with Crippen molar-refractivity contribution in [1.29, 1.82) is 0 Å². The van der Waals surface area contributed by atoms with Crippen LogP contribution in [0.2, 0.25) is 0 Å². The third-order valence-corrected chi connectivity index (χ3v) is 6.63. The van der Waals surface area contributed by atoms with E-state index in [1.165, 1.54) is 0 Å². The molecule has 3 aromatic rings. The Morgan fingerprint density at radius 2 is 1.71 bits per heavy atom. The van der Waals surface area contributed by atoms with Gasteiger partial charge in [-0.3, -0.25) is 19.3 Å². The van der Waals surface area contributed by atoms with Gasteiger partial charge in [0.25, 0.3) is 5.91 Å². The third kappa shape index (κ3) is 5.06. The second-order valence-corrected chi connectivity index (χ2v) is 9.15. The van der Waals surface area contributed by atoms with Crippen molar-refractivity contribution in [2.24, 2.45) is 0 Å². The number of unbranched alkanes of at least 4 members (excludes halogenated alkanes) is 1. The number of hydrogen-bond acceptors (Lipinski definition) is 3. The van der Waals surface area contributed by atoms with Gasteiger partial charge in [0, 0.05) is 24.0 Å². The molecule has 0 fully saturated rings. The van der Waals surface area contributed by atoms with Crippen molar-refractivity contribution in [3.63, 3.8) is 0 Å². The largest absolute Gasteiger partial charge is 0.354 e. The van der Waals surface area contributed by atoms with Gasteiger partial charge in [-0.25, -0.2) is 0 Å². The molecule has 4 rings (SSSR count). The summed E-state index contributed by atoms with van der Waals surface area (Å²) in [6.07, 6.45) is 2.35. The van der Waals surface area contributed by atoms with Gasteiger partial charge in [-0.05, 0) is 42.8 Å². The summed E-state index contributed by atoms with van der Waals surface area (Å²) >= 11 is 0. The minimum absolute atomic E-state index is 0.114. The van der Waals surface area contributed by atoms with Crippen molar-refractivity contribution >= 4 is 34.2 Å². The van der Waals surface area contributed by atoms with E-state index in [4.69, 9.17) is 0 Å². The average molecular weight is 472 g/mol. The summed E-state index contributed by atoms with van der Waals surface area (Å²) in [7, 11) is 0. The molecule has 3 aromatic carbocycles. The number of benzene rings is 3. The highest BCUT2D eigenvalue weighted by atomic mass is 16.2. The van der Waals surface area contributed by atoms with Gasteiger partial charge in [-0.2, -0.15) is 0 Å². The van der Waals surface area contributed by atoms with Gasteiger partial charge in [0.05, 0.1) is 5.69 Å². The monoisotopic (exact) mass is 471 g/mol. The molecule has 6 heteroatoms. The Hall–Kier alpha value is -3.67. The van der Waals surface area contributed by atoms with Crippen LogP contribution in [0.3, 0.4) is 0 Å². The summed E-state index contributed by atoms with van der Waals surface area (Å²) < 4.78 is 0. The van der Waals surface area contributed by atoms with Crippen molar-refractivity contribution in [3.05, 3.63) is 77.4 Å². The zero-order valence-corrected chi connectivity index (χ0v) is 20.7. The van der Waals surface area contributed by atoms with Gasteiger partial charge in [-0.15, -0.1) is 0 Å². The predicted octanol–water partition coefficient (Wildman–Crippen LogP) is 4.83. The summed E-state index contributed by atoms with van der Waals surface area (Å²) in [6, 6.07) is 18.7. The number of anilines is 1. The Labute approximate surface area is 206 Å². The summed E-state index contributed by atoms with van der Waals surface area (Å²) in [6.45, 7) is 6.77. The van der Waals surface area contributed by atoms with Crippen LogP contribution in [-0.4, -0.2) is 41.8 Å². The van der Waals surface area contributed by atoms with Crippen molar-refractivity contribution in [1.82, 2.24) is 10.2 Å². The molecule has 1 aliphatic heterocycles. The molecule has 1 aliphatic rings. The van der Waals surface area contributed by atoms with Gasteiger partial charge in [0.1, 0.15) is 12.6 Å². The lowest BCUT2D eigenvalue weighted by Crippen LogP contribution is -2.52. The molecule has 1 N–H and O–H groups in total. The van der Waals surface area contributed by atoms with E-state index in [2.05, 4.69) is 12.2 Å². The summed E-state index contributed by atoms with van der Waals surface area (Å²) in [5.74, 6) is -0.582. The van der Waals surface area contributed by atoms with Crippen LogP contribution in [0.1, 0.15) is 54.6 Å². The van der Waals surface area contributed by atoms with E-state index in [0.29, 0.717) is 25.1 Å². The lowest BCUT2D eigenvalue weighted by Gasteiger charge is -2.32. The van der Waals surface area contributed by atoms with Gasteiger partial charge in [0.2, 0.25) is 11.8 Å². The molecule has 182 valence electrons. The van der Waals surface area contributed by atoms with Crippen LogP contribution in [-0.2, 0) is 16.1 Å². The lowest BCUT2D eigenvalue weighted by molar-refractivity contribution is -0.140. The topological polar surface area (TPSA) is 69.7 Å². The van der Waals surface area contributed by atoms with E-state index in [0.717, 1.165) is 40.4 Å². The number of hydrogen-bond donors (Lipinski definition) is 1. The first-order valence-electron chi connectivity index (χ1n) is 12.4. The molecule has 0 saturated heterocycles. The van der Waals surface area contributed by atoms with E-state index in [9.17, 15) is 14.4 Å². The molecule has 0 aromatic heterocycles. The SMILES string of the molecule is CCCCNC(=O)[C@H](CC)N(Cc1ccc(C)cc1)C(=O)CN1C(=O)c2cccc3cccc1c23. The van der Waals surface area contributed by atoms with Gasteiger partial charge in [-0.1, -0.05) is 74.4 Å². The highest BCUT2D eigenvalue weighted by Crippen LogP contribution is 2.37. The maximum atomic E-state index is 13.8. The molecule has 0 unspecified atom stereocenters. The van der Waals surface area contributed by atoms with Gasteiger partial charge >= 0.3 is 0 Å². The minimum atomic E-state index is -0.614. The third-order valence-electron chi connectivity index (χ3n) is 6.63. The number of aryl methyl sites for hydroxylation is 1. The Morgan fingerprint density at radius 1 is 1.00 bits per heavy atom. The van der Waals surface area contributed by atoms with Crippen LogP contribution in [0.4, 0.5) is 5.69 Å². The predicted molar refractivity (Wildman–Crippen MR) is 139 cm³/mol. The molecule has 0 saturated carbocycles. The van der Waals surface area contributed by atoms with Crippen LogP contribution >= 0.6 is 0 Å². The molecule has 0 aliphatic carbocycles. The van der Waals surface area contributed by atoms with Crippen molar-refractivity contribution in [2.75, 3.05) is 18.0 Å². The molecule has 35 heavy (non-hydrogen) atoms. The molecule has 1 heterocycles. The van der Waals surface area contributed by atoms with Crippen LogP contribution in [0.5, 0.6) is 0 Å². The molecular weight excluding hydrogens is 438 g/mol. The fourth-order valence-electron chi connectivity index (χ4n) is 4.68. The van der Waals surface area contributed by atoms with E-state index < -0.39 is 6.04 Å². The van der Waals surface area contributed by atoms with Crippen LogP contribution < -0.4 is 10.2 Å². The molecule has 0 radical (unpaired) electrons. The number of rotatable bonds is 10. The summed E-state index contributed by atoms with van der Waals surface area (Å²) in [5, 5.41) is 4.83. The molecule has 0 spiro atoms. The molecule has 3 amide bonds. The van der Waals surface area contributed by atoms with Crippen molar-refractivity contribution in [3.8, 4) is 0 Å². The van der Waals surface area contributed by atoms with E-state index in [-0.39, 0.29) is 24.3 Å². The number of nitrogens with zero attached hydrogens (tertiary/aromatic N) is 2.